The van der Waals surface area contributed by atoms with Gasteiger partial charge in [-0.1, -0.05) is 0 Å². The summed E-state index contributed by atoms with van der Waals surface area (Å²) in [6.45, 7) is 1.85. The van der Waals surface area contributed by atoms with Crippen LogP contribution in [0.25, 0.3) is 0 Å². The van der Waals surface area contributed by atoms with Gasteiger partial charge in [-0.3, -0.25) is 0 Å². The van der Waals surface area contributed by atoms with Crippen molar-refractivity contribution in [3.8, 4) is 0 Å². The Bertz CT molecular complexity index is 181. The van der Waals surface area contributed by atoms with Crippen LogP contribution in [0.3, 0.4) is 0 Å². The number of nitrogens with one attached hydrogen (secondary N) is 1. The third-order valence-electron chi connectivity index (χ3n) is 1.30. The topological polar surface area (TPSA) is 49.4 Å². The molecule has 54 valence electrons. The molecule has 1 aliphatic rings. The highest BCUT2D eigenvalue weighted by atomic mass is 32.2. The largest absolute Gasteiger partial charge is 0.302 e. The summed E-state index contributed by atoms with van der Waals surface area (Å²) >= 11 is 0. The first-order chi connectivity index (χ1) is 4.11. The van der Waals surface area contributed by atoms with Gasteiger partial charge in [0.25, 0.3) is 0 Å². The van der Waals surface area contributed by atoms with Gasteiger partial charge in [0.1, 0.15) is 0 Å². The third-order valence-corrected chi connectivity index (χ3v) is 2.54. The maximum Gasteiger partial charge on any atom is 0.212 e. The molecule has 0 radical (unpaired) electrons. The van der Waals surface area contributed by atoms with Crippen LogP contribution in [-0.4, -0.2) is 38.7 Å². The van der Waals surface area contributed by atoms with Crippen LogP contribution in [0.15, 0.2) is 0 Å². The first kappa shape index (κ1) is 6.98. The van der Waals surface area contributed by atoms with E-state index in [2.05, 4.69) is 5.32 Å². The molecule has 0 atom stereocenters. The normalized spacial score (nSPS) is 22.8. The monoisotopic (exact) mass is 150 g/mol. The second kappa shape index (κ2) is 2.24. The predicted molar refractivity (Wildman–Crippen MR) is 34.4 cm³/mol. The molecule has 1 fully saturated rings. The van der Waals surface area contributed by atoms with Gasteiger partial charge in [0, 0.05) is 13.1 Å². The lowest BCUT2D eigenvalue weighted by Crippen LogP contribution is -2.28. The minimum absolute atomic E-state index is 0.471. The summed E-state index contributed by atoms with van der Waals surface area (Å²) in [6, 6.07) is 0. The molecule has 0 spiro atoms. The van der Waals surface area contributed by atoms with E-state index < -0.39 is 10.0 Å². The highest BCUT2D eigenvalue weighted by Crippen LogP contribution is 1.98. The summed E-state index contributed by atoms with van der Waals surface area (Å²) in [4.78, 5) is 0. The van der Waals surface area contributed by atoms with E-state index in [0.29, 0.717) is 13.2 Å². The van der Waals surface area contributed by atoms with E-state index in [1.807, 2.05) is 0 Å². The Hall–Kier alpha value is -0.130. The molecular formula is C4H10N2O2S. The lowest BCUT2D eigenvalue weighted by atomic mass is 10.7. The predicted octanol–water partition coefficient (Wildman–Crippen LogP) is -1.19. The van der Waals surface area contributed by atoms with Crippen molar-refractivity contribution < 1.29 is 8.42 Å². The van der Waals surface area contributed by atoms with E-state index in [0.717, 1.165) is 6.54 Å². The van der Waals surface area contributed by atoms with Crippen molar-refractivity contribution >= 4 is 10.0 Å². The zero-order valence-corrected chi connectivity index (χ0v) is 6.11. The van der Waals surface area contributed by atoms with Crippen LogP contribution in [0.1, 0.15) is 0 Å². The van der Waals surface area contributed by atoms with E-state index in [1.165, 1.54) is 10.6 Å². The zero-order valence-electron chi connectivity index (χ0n) is 5.29. The molecule has 1 aliphatic heterocycles. The summed E-state index contributed by atoms with van der Waals surface area (Å²) < 4.78 is 22.8. The van der Waals surface area contributed by atoms with E-state index in [9.17, 15) is 8.42 Å². The minimum atomic E-state index is -2.93. The fourth-order valence-corrected chi connectivity index (χ4v) is 1.52. The molecule has 0 aromatic rings. The molecule has 0 aliphatic carbocycles. The van der Waals surface area contributed by atoms with Crippen LogP contribution in [0.5, 0.6) is 0 Å². The lowest BCUT2D eigenvalue weighted by molar-refractivity contribution is 0.479. The van der Waals surface area contributed by atoms with Crippen molar-refractivity contribution in [1.29, 1.82) is 0 Å². The van der Waals surface area contributed by atoms with Gasteiger partial charge >= 0.3 is 0 Å². The van der Waals surface area contributed by atoms with Crippen LogP contribution in [0.2, 0.25) is 0 Å². The minimum Gasteiger partial charge on any atom is -0.302 e. The van der Waals surface area contributed by atoms with Crippen molar-refractivity contribution in [3.63, 3.8) is 0 Å². The average molecular weight is 150 g/mol. The molecule has 0 bridgehead atoms. The van der Waals surface area contributed by atoms with Gasteiger partial charge in [0.15, 0.2) is 0 Å². The highest BCUT2D eigenvalue weighted by Gasteiger charge is 2.19. The maximum atomic E-state index is 10.7. The second-order valence-corrected chi connectivity index (χ2v) is 4.08. The number of rotatable bonds is 1. The number of hydrogen-bond donors (Lipinski definition) is 1. The van der Waals surface area contributed by atoms with Gasteiger partial charge in [-0.2, -0.15) is 4.31 Å². The summed E-state index contributed by atoms with van der Waals surface area (Å²) in [6.07, 6.45) is 1.22. The SMILES string of the molecule is CS(=O)(=O)N1CCNC1. The van der Waals surface area contributed by atoms with Crippen LogP contribution < -0.4 is 5.32 Å². The molecule has 1 N–H and O–H groups in total. The molecular weight excluding hydrogens is 140 g/mol. The molecule has 0 amide bonds. The van der Waals surface area contributed by atoms with Gasteiger partial charge in [0.05, 0.1) is 12.9 Å². The van der Waals surface area contributed by atoms with Gasteiger partial charge in [-0.15, -0.1) is 0 Å². The number of hydrogen-bond acceptors (Lipinski definition) is 3. The van der Waals surface area contributed by atoms with E-state index in [-0.39, 0.29) is 0 Å². The fourth-order valence-electron chi connectivity index (χ4n) is 0.770. The molecule has 0 aromatic heterocycles. The Labute approximate surface area is 54.9 Å². The zero-order chi connectivity index (χ0) is 6.91. The Balaban J connectivity index is 2.63. The molecule has 0 saturated carbocycles. The highest BCUT2D eigenvalue weighted by molar-refractivity contribution is 7.88. The van der Waals surface area contributed by atoms with Crippen molar-refractivity contribution in [2.45, 2.75) is 0 Å². The molecule has 1 saturated heterocycles. The van der Waals surface area contributed by atoms with Gasteiger partial charge < -0.3 is 5.32 Å². The Morgan fingerprint density at radius 1 is 1.56 bits per heavy atom. The standard InChI is InChI=1S/C4H10N2O2S/c1-9(7,8)6-3-2-5-4-6/h5H,2-4H2,1H3. The quantitative estimate of drug-likeness (QED) is 0.511. The molecule has 1 heterocycles. The Morgan fingerprint density at radius 2 is 2.22 bits per heavy atom. The molecule has 1 rings (SSSR count). The van der Waals surface area contributed by atoms with Crippen molar-refractivity contribution in [3.05, 3.63) is 0 Å². The van der Waals surface area contributed by atoms with Crippen LogP contribution in [0.4, 0.5) is 0 Å². The van der Waals surface area contributed by atoms with Crippen molar-refractivity contribution in [2.24, 2.45) is 0 Å². The first-order valence-corrected chi connectivity index (χ1v) is 4.61. The van der Waals surface area contributed by atoms with Gasteiger partial charge in [-0.05, 0) is 0 Å². The van der Waals surface area contributed by atoms with Crippen LogP contribution in [-0.2, 0) is 10.0 Å². The van der Waals surface area contributed by atoms with E-state index >= 15 is 0 Å². The number of nitrogens with zero attached hydrogens (tertiary/aromatic N) is 1. The van der Waals surface area contributed by atoms with E-state index in [1.54, 1.807) is 0 Å². The summed E-state index contributed by atoms with van der Waals surface area (Å²) in [7, 11) is -2.93. The van der Waals surface area contributed by atoms with Crippen molar-refractivity contribution in [1.82, 2.24) is 9.62 Å². The smallest absolute Gasteiger partial charge is 0.212 e. The molecule has 0 aromatic carbocycles. The molecule has 0 unspecified atom stereocenters. The second-order valence-electron chi connectivity index (χ2n) is 2.10. The van der Waals surface area contributed by atoms with Crippen LogP contribution in [0, 0.1) is 0 Å². The summed E-state index contributed by atoms with van der Waals surface area (Å²) in [5, 5.41) is 2.93. The van der Waals surface area contributed by atoms with Gasteiger partial charge in [-0.25, -0.2) is 8.42 Å². The molecule has 4 nitrogen and oxygen atoms in total. The summed E-state index contributed by atoms with van der Waals surface area (Å²) in [5.74, 6) is 0. The molecule has 9 heavy (non-hydrogen) atoms. The van der Waals surface area contributed by atoms with E-state index in [4.69, 9.17) is 0 Å². The average Bonchev–Trinajstić information content (AvgIpc) is 2.08. The van der Waals surface area contributed by atoms with Gasteiger partial charge in [0.2, 0.25) is 10.0 Å². The number of sulfonamides is 1. The Kier molecular flexibility index (Phi) is 1.74. The lowest BCUT2D eigenvalue weighted by Gasteiger charge is -2.08. The molecule has 5 heteroatoms. The Morgan fingerprint density at radius 3 is 2.44 bits per heavy atom. The first-order valence-electron chi connectivity index (χ1n) is 2.76. The maximum absolute atomic E-state index is 10.7. The third kappa shape index (κ3) is 1.64. The fraction of sp³-hybridized carbons (Fsp3) is 1.00. The van der Waals surface area contributed by atoms with Crippen LogP contribution >= 0.6 is 0 Å². The summed E-state index contributed by atoms with van der Waals surface area (Å²) in [5.41, 5.74) is 0. The van der Waals surface area contributed by atoms with Crippen molar-refractivity contribution in [2.75, 3.05) is 26.0 Å².